The van der Waals surface area contributed by atoms with Crippen LogP contribution in [0.2, 0.25) is 0 Å². The Bertz CT molecular complexity index is 1290. The van der Waals surface area contributed by atoms with E-state index in [9.17, 15) is 18.0 Å². The average molecular weight is 472 g/mol. The highest BCUT2D eigenvalue weighted by Gasteiger charge is 2.31. The summed E-state index contributed by atoms with van der Waals surface area (Å²) in [6, 6.07) is 10.4. The molecule has 3 aromatic heterocycles. The van der Waals surface area contributed by atoms with Crippen LogP contribution in [-0.4, -0.2) is 25.7 Å². The maximum atomic E-state index is 12.8. The van der Waals surface area contributed by atoms with Gasteiger partial charge in [-0.3, -0.25) is 10.1 Å². The second-order valence-corrected chi connectivity index (χ2v) is 8.69. The average Bonchev–Trinajstić information content (AvgIpc) is 3.31. The van der Waals surface area contributed by atoms with Gasteiger partial charge in [-0.15, -0.1) is 11.3 Å². The quantitative estimate of drug-likeness (QED) is 0.417. The Morgan fingerprint density at radius 2 is 1.79 bits per heavy atom. The van der Waals surface area contributed by atoms with Crippen molar-refractivity contribution in [1.82, 2.24) is 19.7 Å². The van der Waals surface area contributed by atoms with Crippen LogP contribution in [0.25, 0.3) is 5.82 Å². The van der Waals surface area contributed by atoms with Gasteiger partial charge in [0.05, 0.1) is 28.7 Å². The number of halogens is 3. The maximum Gasteiger partial charge on any atom is 0.417 e. The fraction of sp³-hybridized carbons (Fsp3) is 0.217. The first-order valence-corrected chi connectivity index (χ1v) is 10.8. The monoisotopic (exact) mass is 471 g/mol. The van der Waals surface area contributed by atoms with E-state index >= 15 is 0 Å². The van der Waals surface area contributed by atoms with Gasteiger partial charge in [0, 0.05) is 17.5 Å². The predicted octanol–water partition coefficient (Wildman–Crippen LogP) is 5.51. The number of thiazole rings is 1. The molecule has 0 spiro atoms. The number of nitrogens with zero attached hydrogens (tertiary/aromatic N) is 4. The first-order chi connectivity index (χ1) is 15.6. The lowest BCUT2D eigenvalue weighted by Gasteiger charge is -2.08. The summed E-state index contributed by atoms with van der Waals surface area (Å²) in [5.74, 6) is -0.216. The van der Waals surface area contributed by atoms with Crippen LogP contribution in [0, 0.1) is 20.8 Å². The molecule has 0 aliphatic rings. The topological polar surface area (TPSA) is 72.7 Å². The molecule has 1 N–H and O–H groups in total. The van der Waals surface area contributed by atoms with Crippen molar-refractivity contribution in [2.45, 2.75) is 33.4 Å². The van der Waals surface area contributed by atoms with Gasteiger partial charge >= 0.3 is 6.18 Å². The number of rotatable bonds is 5. The second-order valence-electron chi connectivity index (χ2n) is 7.60. The molecular formula is C23H20F3N5OS. The van der Waals surface area contributed by atoms with Gasteiger partial charge in [0.2, 0.25) is 0 Å². The highest BCUT2D eigenvalue weighted by molar-refractivity contribution is 7.15. The van der Waals surface area contributed by atoms with E-state index in [1.807, 2.05) is 13.8 Å². The fourth-order valence-electron chi connectivity index (χ4n) is 3.24. The van der Waals surface area contributed by atoms with E-state index in [1.165, 1.54) is 33.8 Å². The van der Waals surface area contributed by atoms with E-state index in [1.54, 1.807) is 6.92 Å². The third-order valence-corrected chi connectivity index (χ3v) is 6.22. The van der Waals surface area contributed by atoms with Crippen molar-refractivity contribution in [1.29, 1.82) is 0 Å². The Labute approximate surface area is 192 Å². The molecule has 0 aliphatic carbocycles. The highest BCUT2D eigenvalue weighted by Crippen LogP contribution is 2.29. The number of benzene rings is 1. The summed E-state index contributed by atoms with van der Waals surface area (Å²) in [6.45, 7) is 5.58. The minimum atomic E-state index is -4.47. The Morgan fingerprint density at radius 1 is 1.06 bits per heavy atom. The molecule has 0 radical (unpaired) electrons. The predicted molar refractivity (Wildman–Crippen MR) is 120 cm³/mol. The number of nitrogens with one attached hydrogen (secondary N) is 1. The minimum Gasteiger partial charge on any atom is -0.298 e. The normalized spacial score (nSPS) is 11.6. The summed E-state index contributed by atoms with van der Waals surface area (Å²) in [5, 5.41) is 7.39. The number of aryl methyl sites for hydroxylation is 2. The van der Waals surface area contributed by atoms with Gasteiger partial charge in [0.25, 0.3) is 5.91 Å². The van der Waals surface area contributed by atoms with Crippen LogP contribution in [0.1, 0.15) is 43.3 Å². The Balaban J connectivity index is 1.49. The molecule has 0 unspecified atom stereocenters. The van der Waals surface area contributed by atoms with Crippen molar-refractivity contribution >= 4 is 22.4 Å². The van der Waals surface area contributed by atoms with Crippen molar-refractivity contribution in [3.8, 4) is 5.82 Å². The number of hydrogen-bond acceptors (Lipinski definition) is 5. The first kappa shape index (κ1) is 22.7. The zero-order valence-corrected chi connectivity index (χ0v) is 18.9. The molecule has 33 heavy (non-hydrogen) atoms. The number of carbonyl (C=O) groups excluding carboxylic acids is 1. The fourth-order valence-corrected chi connectivity index (χ4v) is 4.24. The van der Waals surface area contributed by atoms with Gasteiger partial charge in [-0.05, 0) is 38.5 Å². The van der Waals surface area contributed by atoms with E-state index in [0.29, 0.717) is 10.8 Å². The van der Waals surface area contributed by atoms with Crippen molar-refractivity contribution in [2.75, 3.05) is 5.32 Å². The Kier molecular flexibility index (Phi) is 6.03. The number of aromatic nitrogens is 4. The van der Waals surface area contributed by atoms with E-state index in [4.69, 9.17) is 0 Å². The van der Waals surface area contributed by atoms with Gasteiger partial charge in [-0.2, -0.15) is 18.3 Å². The standard InChI is InChI=1S/C23H20F3N5OS/c1-13-4-6-16(7-5-13)10-19-14(2)29-22(33-19)30-21(32)18-12-28-31(15(18)3)20-9-8-17(11-27-20)23(24,25)26/h4-9,11-12H,10H2,1-3H3,(H,29,30,32). The smallest absolute Gasteiger partial charge is 0.298 e. The molecule has 4 aromatic rings. The number of anilines is 1. The van der Waals surface area contributed by atoms with Gasteiger partial charge in [-0.1, -0.05) is 29.8 Å². The van der Waals surface area contributed by atoms with E-state index < -0.39 is 17.6 Å². The SMILES string of the molecule is Cc1ccc(Cc2sc(NC(=O)c3cnn(-c4ccc(C(F)(F)F)cn4)c3C)nc2C)cc1. The highest BCUT2D eigenvalue weighted by atomic mass is 32.1. The lowest BCUT2D eigenvalue weighted by molar-refractivity contribution is -0.137. The minimum absolute atomic E-state index is 0.185. The number of pyridine rings is 1. The van der Waals surface area contributed by atoms with Crippen LogP contribution in [0.4, 0.5) is 18.3 Å². The summed E-state index contributed by atoms with van der Waals surface area (Å²) >= 11 is 1.41. The van der Waals surface area contributed by atoms with Crippen molar-refractivity contribution in [2.24, 2.45) is 0 Å². The number of carbonyl (C=O) groups is 1. The molecule has 10 heteroatoms. The molecule has 1 aromatic carbocycles. The zero-order valence-electron chi connectivity index (χ0n) is 18.1. The van der Waals surface area contributed by atoms with Gasteiger partial charge in [0.1, 0.15) is 0 Å². The van der Waals surface area contributed by atoms with Crippen LogP contribution in [0.5, 0.6) is 0 Å². The number of alkyl halides is 3. The second kappa shape index (κ2) is 8.78. The van der Waals surface area contributed by atoms with E-state index in [2.05, 4.69) is 44.6 Å². The molecule has 170 valence electrons. The maximum absolute atomic E-state index is 12.8. The Hall–Kier alpha value is -3.53. The van der Waals surface area contributed by atoms with Gasteiger partial charge in [-0.25, -0.2) is 14.6 Å². The van der Waals surface area contributed by atoms with Gasteiger partial charge < -0.3 is 0 Å². The lowest BCUT2D eigenvalue weighted by Crippen LogP contribution is -2.13. The van der Waals surface area contributed by atoms with Crippen LogP contribution >= 0.6 is 11.3 Å². The third-order valence-electron chi connectivity index (χ3n) is 5.15. The van der Waals surface area contributed by atoms with Crippen LogP contribution < -0.4 is 5.32 Å². The van der Waals surface area contributed by atoms with E-state index in [-0.39, 0.29) is 11.4 Å². The molecule has 0 fully saturated rings. The first-order valence-electron chi connectivity index (χ1n) is 10.0. The lowest BCUT2D eigenvalue weighted by atomic mass is 10.1. The largest absolute Gasteiger partial charge is 0.417 e. The molecule has 3 heterocycles. The van der Waals surface area contributed by atoms with Crippen molar-refractivity contribution < 1.29 is 18.0 Å². The summed E-state index contributed by atoms with van der Waals surface area (Å²) in [7, 11) is 0. The molecule has 1 amide bonds. The molecule has 0 bridgehead atoms. The van der Waals surface area contributed by atoms with Crippen LogP contribution in [0.15, 0.2) is 48.8 Å². The third kappa shape index (κ3) is 4.95. The van der Waals surface area contributed by atoms with E-state index in [0.717, 1.165) is 34.8 Å². The zero-order chi connectivity index (χ0) is 23.8. The molecule has 4 rings (SSSR count). The van der Waals surface area contributed by atoms with Crippen LogP contribution in [0.3, 0.4) is 0 Å². The summed E-state index contributed by atoms with van der Waals surface area (Å²) in [6.07, 6.45) is -1.65. The number of amides is 1. The molecule has 0 atom stereocenters. The molecular weight excluding hydrogens is 451 g/mol. The summed E-state index contributed by atoms with van der Waals surface area (Å²) < 4.78 is 39.6. The van der Waals surface area contributed by atoms with Crippen molar-refractivity contribution in [3.63, 3.8) is 0 Å². The number of hydrogen-bond donors (Lipinski definition) is 1. The molecule has 6 nitrogen and oxygen atoms in total. The summed E-state index contributed by atoms with van der Waals surface area (Å²) in [4.78, 5) is 22.2. The molecule has 0 saturated carbocycles. The Morgan fingerprint density at radius 3 is 2.42 bits per heavy atom. The summed E-state index contributed by atoms with van der Waals surface area (Å²) in [5.41, 5.74) is 3.07. The van der Waals surface area contributed by atoms with Crippen LogP contribution in [-0.2, 0) is 12.6 Å². The van der Waals surface area contributed by atoms with Gasteiger partial charge in [0.15, 0.2) is 10.9 Å². The molecule has 0 aliphatic heterocycles. The molecule has 0 saturated heterocycles. The van der Waals surface area contributed by atoms with Crippen molar-refractivity contribution in [3.05, 3.63) is 87.3 Å².